The Morgan fingerprint density at radius 3 is 2.61 bits per heavy atom. The lowest BCUT2D eigenvalue weighted by molar-refractivity contribution is -0.146. The van der Waals surface area contributed by atoms with E-state index in [4.69, 9.17) is 4.74 Å². The van der Waals surface area contributed by atoms with E-state index in [1.165, 1.54) is 5.57 Å². The number of ether oxygens (including phenoxy) is 1. The molecule has 0 aromatic rings. The highest BCUT2D eigenvalue weighted by molar-refractivity contribution is 5.93. The molecular formula is C18H26O5. The van der Waals surface area contributed by atoms with Crippen molar-refractivity contribution < 1.29 is 24.5 Å². The van der Waals surface area contributed by atoms with Crippen molar-refractivity contribution in [3.05, 3.63) is 23.3 Å². The molecule has 2 rings (SSSR count). The maximum atomic E-state index is 12.5. The van der Waals surface area contributed by atoms with Crippen molar-refractivity contribution in [1.82, 2.24) is 0 Å². The normalized spacial score (nSPS) is 34.7. The molecule has 2 aliphatic rings. The van der Waals surface area contributed by atoms with Crippen molar-refractivity contribution in [2.24, 2.45) is 5.41 Å². The number of carbonyl (C=O) groups is 2. The summed E-state index contributed by atoms with van der Waals surface area (Å²) in [7, 11) is 0. The first-order valence-corrected chi connectivity index (χ1v) is 8.14. The van der Waals surface area contributed by atoms with E-state index in [0.29, 0.717) is 0 Å². The minimum absolute atomic E-state index is 0.0158. The second-order valence-electron chi connectivity index (χ2n) is 7.04. The largest absolute Gasteiger partial charge is 0.457 e. The number of hydrogen-bond donors (Lipinski definition) is 2. The van der Waals surface area contributed by atoms with Gasteiger partial charge in [0.25, 0.3) is 0 Å². The number of cyclic esters (lactones) is 1. The van der Waals surface area contributed by atoms with Gasteiger partial charge in [-0.15, -0.1) is 0 Å². The van der Waals surface area contributed by atoms with Crippen molar-refractivity contribution in [2.75, 3.05) is 0 Å². The van der Waals surface area contributed by atoms with Gasteiger partial charge >= 0.3 is 5.97 Å². The molecule has 1 saturated carbocycles. The van der Waals surface area contributed by atoms with E-state index in [-0.39, 0.29) is 25.0 Å². The van der Waals surface area contributed by atoms with E-state index < -0.39 is 29.7 Å². The molecule has 1 unspecified atom stereocenters. The van der Waals surface area contributed by atoms with Crippen LogP contribution in [0.5, 0.6) is 0 Å². The van der Waals surface area contributed by atoms with Crippen LogP contribution in [0.25, 0.3) is 0 Å². The van der Waals surface area contributed by atoms with Crippen LogP contribution >= 0.6 is 0 Å². The van der Waals surface area contributed by atoms with Gasteiger partial charge in [0.15, 0.2) is 0 Å². The van der Waals surface area contributed by atoms with Gasteiger partial charge in [-0.3, -0.25) is 9.59 Å². The number of allylic oxidation sites excluding steroid dienone is 3. The van der Waals surface area contributed by atoms with Gasteiger partial charge in [-0.25, -0.2) is 0 Å². The molecule has 1 heterocycles. The van der Waals surface area contributed by atoms with Crippen LogP contribution in [0.2, 0.25) is 0 Å². The average molecular weight is 322 g/mol. The molecule has 4 atom stereocenters. The first kappa shape index (κ1) is 17.9. The monoisotopic (exact) mass is 322 g/mol. The van der Waals surface area contributed by atoms with Gasteiger partial charge in [0, 0.05) is 6.42 Å². The topological polar surface area (TPSA) is 83.8 Å². The molecule has 5 nitrogen and oxygen atoms in total. The van der Waals surface area contributed by atoms with Crippen LogP contribution in [0.15, 0.2) is 23.3 Å². The summed E-state index contributed by atoms with van der Waals surface area (Å²) in [5.41, 5.74) is 1.28. The summed E-state index contributed by atoms with van der Waals surface area (Å²) in [6.07, 6.45) is 2.94. The summed E-state index contributed by atoms with van der Waals surface area (Å²) < 4.78 is 5.36. The number of ketones is 1. The van der Waals surface area contributed by atoms with Crippen LogP contribution in [0.3, 0.4) is 0 Å². The Kier molecular flexibility index (Phi) is 5.42. The lowest BCUT2D eigenvalue weighted by Gasteiger charge is -2.38. The Morgan fingerprint density at radius 2 is 1.96 bits per heavy atom. The molecule has 0 bridgehead atoms. The molecule has 23 heavy (non-hydrogen) atoms. The van der Waals surface area contributed by atoms with Crippen LogP contribution in [-0.2, 0) is 14.3 Å². The number of rotatable bonds is 4. The molecule has 1 spiro atoms. The number of carbonyl (C=O) groups excluding carboxylic acids is 2. The Morgan fingerprint density at radius 1 is 1.26 bits per heavy atom. The SMILES string of the molecule is CC(C)=CCCC(C)=C[C@H]1OC(=O)CC12C[C@H](O)[C@H](O)CC2=O. The third kappa shape index (κ3) is 3.90. The number of hydrogen-bond acceptors (Lipinski definition) is 5. The summed E-state index contributed by atoms with van der Waals surface area (Å²) >= 11 is 0. The van der Waals surface area contributed by atoms with Crippen molar-refractivity contribution >= 4 is 11.8 Å². The van der Waals surface area contributed by atoms with Crippen LogP contribution in [0, 0.1) is 5.41 Å². The van der Waals surface area contributed by atoms with Crippen molar-refractivity contribution in [3.8, 4) is 0 Å². The van der Waals surface area contributed by atoms with E-state index in [2.05, 4.69) is 6.08 Å². The summed E-state index contributed by atoms with van der Waals surface area (Å²) in [5.74, 6) is -0.611. The predicted octanol–water partition coefficient (Wildman–Crippen LogP) is 2.07. The molecule has 1 aliphatic carbocycles. The van der Waals surface area contributed by atoms with Crippen LogP contribution in [0.1, 0.15) is 52.9 Å². The number of aliphatic hydroxyl groups excluding tert-OH is 2. The molecule has 0 aromatic heterocycles. The molecule has 128 valence electrons. The first-order valence-electron chi connectivity index (χ1n) is 8.14. The molecule has 1 saturated heterocycles. The van der Waals surface area contributed by atoms with Crippen molar-refractivity contribution in [2.45, 2.75) is 71.2 Å². The second kappa shape index (κ2) is 6.97. The number of aliphatic hydroxyl groups is 2. The van der Waals surface area contributed by atoms with E-state index in [1.807, 2.05) is 26.8 Å². The number of esters is 1. The first-order chi connectivity index (χ1) is 10.7. The highest BCUT2D eigenvalue weighted by atomic mass is 16.6. The average Bonchev–Trinajstić information content (AvgIpc) is 2.73. The van der Waals surface area contributed by atoms with Gasteiger partial charge < -0.3 is 14.9 Å². The van der Waals surface area contributed by atoms with Gasteiger partial charge in [-0.05, 0) is 46.1 Å². The quantitative estimate of drug-likeness (QED) is 0.611. The molecule has 5 heteroatoms. The highest BCUT2D eigenvalue weighted by Gasteiger charge is 2.57. The van der Waals surface area contributed by atoms with E-state index in [0.717, 1.165) is 18.4 Å². The third-order valence-electron chi connectivity index (χ3n) is 4.76. The Hall–Kier alpha value is -1.46. The van der Waals surface area contributed by atoms with Crippen LogP contribution in [0.4, 0.5) is 0 Å². The fourth-order valence-corrected chi connectivity index (χ4v) is 3.38. The Labute approximate surface area is 137 Å². The summed E-state index contributed by atoms with van der Waals surface area (Å²) in [4.78, 5) is 24.3. The third-order valence-corrected chi connectivity index (χ3v) is 4.76. The zero-order valence-electron chi connectivity index (χ0n) is 14.0. The summed E-state index contributed by atoms with van der Waals surface area (Å²) in [6, 6.07) is 0. The van der Waals surface area contributed by atoms with E-state index in [1.54, 1.807) is 0 Å². The molecule has 1 aliphatic heterocycles. The summed E-state index contributed by atoms with van der Waals surface area (Å²) in [5, 5.41) is 19.6. The van der Waals surface area contributed by atoms with Crippen LogP contribution in [-0.4, -0.2) is 40.3 Å². The molecule has 2 N–H and O–H groups in total. The molecular weight excluding hydrogens is 296 g/mol. The Bertz CT molecular complexity index is 544. The van der Waals surface area contributed by atoms with E-state index >= 15 is 0 Å². The maximum absolute atomic E-state index is 12.5. The van der Waals surface area contributed by atoms with Gasteiger partial charge in [0.05, 0.1) is 24.0 Å². The minimum atomic E-state index is -1.05. The fourth-order valence-electron chi connectivity index (χ4n) is 3.38. The maximum Gasteiger partial charge on any atom is 0.307 e. The molecule has 0 radical (unpaired) electrons. The number of Topliss-reactive ketones (excluding diaryl/α,β-unsaturated/α-hetero) is 1. The smallest absolute Gasteiger partial charge is 0.307 e. The zero-order valence-corrected chi connectivity index (χ0v) is 14.0. The zero-order chi connectivity index (χ0) is 17.2. The Balaban J connectivity index is 2.17. The van der Waals surface area contributed by atoms with Gasteiger partial charge in [0.2, 0.25) is 0 Å². The summed E-state index contributed by atoms with van der Waals surface area (Å²) in [6.45, 7) is 6.04. The fraction of sp³-hybridized carbons (Fsp3) is 0.667. The predicted molar refractivity (Wildman–Crippen MR) is 85.6 cm³/mol. The lowest BCUT2D eigenvalue weighted by atomic mass is 9.66. The lowest BCUT2D eigenvalue weighted by Crippen LogP contribution is -2.50. The van der Waals surface area contributed by atoms with Gasteiger partial charge in [-0.2, -0.15) is 0 Å². The molecule has 0 amide bonds. The standard InChI is InChI=1S/C18H26O5/c1-11(2)5-4-6-12(3)7-16-18(10-17(22)23-16)9-14(20)13(19)8-15(18)21/h5,7,13-14,16,19-20H,4,6,8-10H2,1-3H3/t13-,14+,16-,18?/m1/s1. The van der Waals surface area contributed by atoms with E-state index in [9.17, 15) is 19.8 Å². The van der Waals surface area contributed by atoms with Crippen molar-refractivity contribution in [3.63, 3.8) is 0 Å². The second-order valence-corrected chi connectivity index (χ2v) is 7.04. The van der Waals surface area contributed by atoms with Gasteiger partial charge in [-0.1, -0.05) is 17.2 Å². The molecule has 2 fully saturated rings. The highest BCUT2D eigenvalue weighted by Crippen LogP contribution is 2.46. The molecule has 0 aromatic carbocycles. The van der Waals surface area contributed by atoms with Crippen LogP contribution < -0.4 is 0 Å². The van der Waals surface area contributed by atoms with Crippen molar-refractivity contribution in [1.29, 1.82) is 0 Å². The van der Waals surface area contributed by atoms with Gasteiger partial charge in [0.1, 0.15) is 11.9 Å². The minimum Gasteiger partial charge on any atom is -0.457 e.